The quantitative estimate of drug-likeness (QED) is 0.687. The zero-order chi connectivity index (χ0) is 15.5. The third-order valence-electron chi connectivity index (χ3n) is 6.88. The molecule has 5 heteroatoms. The summed E-state index contributed by atoms with van der Waals surface area (Å²) in [7, 11) is 0. The van der Waals surface area contributed by atoms with Crippen molar-refractivity contribution in [3.8, 4) is 0 Å². The summed E-state index contributed by atoms with van der Waals surface area (Å²) in [5, 5.41) is 0. The number of epoxide rings is 4. The van der Waals surface area contributed by atoms with Crippen molar-refractivity contribution in [1.82, 2.24) is 0 Å². The molecule has 4 saturated heterocycles. The molecule has 1 aliphatic carbocycles. The lowest BCUT2D eigenvalue weighted by atomic mass is 9.50. The molecule has 1 saturated carbocycles. The fraction of sp³-hybridized carbons (Fsp3) is 1.00. The zero-order valence-electron chi connectivity index (χ0n) is 13.9. The normalized spacial score (nSPS) is 53.9. The molecule has 6 unspecified atom stereocenters. The molecule has 4 heterocycles. The van der Waals surface area contributed by atoms with Crippen molar-refractivity contribution in [3.05, 3.63) is 0 Å². The van der Waals surface area contributed by atoms with Gasteiger partial charge in [0.05, 0.1) is 50.8 Å². The van der Waals surface area contributed by atoms with Crippen LogP contribution in [0.3, 0.4) is 0 Å². The summed E-state index contributed by atoms with van der Waals surface area (Å²) in [5.41, 5.74) is 7.18. The molecule has 0 bridgehead atoms. The standard InChI is InChI=1S/C18H29NO4/c19-18(7-16-11-23-16)3-1-2-12(4-13-8-20-13)17(18,5-14-9-21-14)6-15-10-22-15/h12-16H,1-11,19H2. The van der Waals surface area contributed by atoms with Crippen LogP contribution in [0.4, 0.5) is 0 Å². The minimum absolute atomic E-state index is 0.130. The highest BCUT2D eigenvalue weighted by Gasteiger charge is 2.60. The van der Waals surface area contributed by atoms with Crippen LogP contribution < -0.4 is 5.73 Å². The highest BCUT2D eigenvalue weighted by atomic mass is 16.6. The fourth-order valence-corrected chi connectivity index (χ4v) is 5.37. The van der Waals surface area contributed by atoms with Gasteiger partial charge < -0.3 is 24.7 Å². The Morgan fingerprint density at radius 1 is 0.783 bits per heavy atom. The molecule has 6 atom stereocenters. The number of hydrogen-bond donors (Lipinski definition) is 1. The van der Waals surface area contributed by atoms with Crippen LogP contribution >= 0.6 is 0 Å². The van der Waals surface area contributed by atoms with E-state index in [1.165, 1.54) is 19.3 Å². The summed E-state index contributed by atoms with van der Waals surface area (Å²) >= 11 is 0. The lowest BCUT2D eigenvalue weighted by Gasteiger charge is -2.57. The number of hydrogen-bond acceptors (Lipinski definition) is 5. The molecule has 4 aliphatic heterocycles. The Labute approximate surface area is 138 Å². The number of rotatable bonds is 8. The van der Waals surface area contributed by atoms with Crippen LogP contribution in [-0.2, 0) is 18.9 Å². The van der Waals surface area contributed by atoms with Gasteiger partial charge >= 0.3 is 0 Å². The minimum atomic E-state index is -0.135. The van der Waals surface area contributed by atoms with Crippen LogP contribution in [0.5, 0.6) is 0 Å². The average Bonchev–Trinajstić information content (AvgIpc) is 3.27. The van der Waals surface area contributed by atoms with Gasteiger partial charge in [-0.1, -0.05) is 6.42 Å². The molecule has 5 aliphatic rings. The van der Waals surface area contributed by atoms with Crippen LogP contribution in [0.1, 0.15) is 44.9 Å². The maximum absolute atomic E-state index is 7.19. The summed E-state index contributed by atoms with van der Waals surface area (Å²) in [6.45, 7) is 3.66. The predicted octanol–water partition coefficient (Wildman–Crippen LogP) is 1.63. The van der Waals surface area contributed by atoms with E-state index >= 15 is 0 Å². The Balaban J connectivity index is 1.46. The van der Waals surface area contributed by atoms with Crippen molar-refractivity contribution in [2.45, 2.75) is 74.9 Å². The SMILES string of the molecule is NC1(CC2CO2)CCCC(CC2CO2)C1(CC1CO1)CC1CO1. The van der Waals surface area contributed by atoms with Crippen molar-refractivity contribution in [3.63, 3.8) is 0 Å². The van der Waals surface area contributed by atoms with Crippen molar-refractivity contribution in [1.29, 1.82) is 0 Å². The first kappa shape index (κ1) is 15.1. The van der Waals surface area contributed by atoms with E-state index in [4.69, 9.17) is 24.7 Å². The highest BCUT2D eigenvalue weighted by molar-refractivity contribution is 5.13. The Morgan fingerprint density at radius 2 is 1.30 bits per heavy atom. The van der Waals surface area contributed by atoms with Crippen LogP contribution in [0, 0.1) is 11.3 Å². The van der Waals surface area contributed by atoms with Gasteiger partial charge in [0.25, 0.3) is 0 Å². The fourth-order valence-electron chi connectivity index (χ4n) is 5.37. The maximum atomic E-state index is 7.19. The predicted molar refractivity (Wildman–Crippen MR) is 84.1 cm³/mol. The van der Waals surface area contributed by atoms with Crippen LogP contribution in [0.2, 0.25) is 0 Å². The van der Waals surface area contributed by atoms with E-state index in [0.717, 1.165) is 52.1 Å². The molecule has 5 nitrogen and oxygen atoms in total. The first-order chi connectivity index (χ1) is 11.2. The van der Waals surface area contributed by atoms with Crippen molar-refractivity contribution in [2.75, 3.05) is 26.4 Å². The van der Waals surface area contributed by atoms with Gasteiger partial charge in [0.2, 0.25) is 0 Å². The van der Waals surface area contributed by atoms with Gasteiger partial charge in [-0.15, -0.1) is 0 Å². The monoisotopic (exact) mass is 323 g/mol. The largest absolute Gasteiger partial charge is 0.373 e. The van der Waals surface area contributed by atoms with Gasteiger partial charge in [-0.25, -0.2) is 0 Å². The number of nitrogens with two attached hydrogens (primary N) is 1. The zero-order valence-corrected chi connectivity index (χ0v) is 13.9. The molecule has 130 valence electrons. The Hall–Kier alpha value is -0.200. The average molecular weight is 323 g/mol. The second kappa shape index (κ2) is 5.40. The van der Waals surface area contributed by atoms with E-state index in [1.54, 1.807) is 0 Å². The first-order valence-electron chi connectivity index (χ1n) is 9.42. The summed E-state index contributed by atoms with van der Waals surface area (Å²) in [5.74, 6) is 0.640. The molecule has 0 amide bonds. The van der Waals surface area contributed by atoms with Gasteiger partial charge in [0.1, 0.15) is 0 Å². The molecule has 0 aromatic heterocycles. The highest BCUT2D eigenvalue weighted by Crippen LogP contribution is 2.59. The van der Waals surface area contributed by atoms with Gasteiger partial charge in [-0.05, 0) is 49.9 Å². The number of ether oxygens (including phenoxy) is 4. The van der Waals surface area contributed by atoms with E-state index in [9.17, 15) is 0 Å². The van der Waals surface area contributed by atoms with Crippen LogP contribution in [0.25, 0.3) is 0 Å². The van der Waals surface area contributed by atoms with Gasteiger partial charge in [-0.3, -0.25) is 0 Å². The molecule has 0 radical (unpaired) electrons. The van der Waals surface area contributed by atoms with E-state index < -0.39 is 0 Å². The first-order valence-corrected chi connectivity index (χ1v) is 9.42. The van der Waals surface area contributed by atoms with Crippen molar-refractivity contribution < 1.29 is 18.9 Å². The molecule has 0 spiro atoms. The Bertz CT molecular complexity index is 442. The van der Waals surface area contributed by atoms with Gasteiger partial charge in [-0.2, -0.15) is 0 Å². The van der Waals surface area contributed by atoms with Crippen LogP contribution in [-0.4, -0.2) is 56.4 Å². The smallest absolute Gasteiger partial charge is 0.0827 e. The Morgan fingerprint density at radius 3 is 1.83 bits per heavy atom. The van der Waals surface area contributed by atoms with Gasteiger partial charge in [0, 0.05) is 5.54 Å². The molecule has 23 heavy (non-hydrogen) atoms. The molecule has 0 aromatic rings. The third kappa shape index (κ3) is 3.07. The van der Waals surface area contributed by atoms with Gasteiger partial charge in [0.15, 0.2) is 0 Å². The van der Waals surface area contributed by atoms with E-state index in [0.29, 0.717) is 30.3 Å². The molecule has 0 aromatic carbocycles. The maximum Gasteiger partial charge on any atom is 0.0827 e. The van der Waals surface area contributed by atoms with E-state index in [-0.39, 0.29) is 11.0 Å². The van der Waals surface area contributed by atoms with Crippen molar-refractivity contribution in [2.24, 2.45) is 17.1 Å². The summed E-state index contributed by atoms with van der Waals surface area (Å²) in [6, 6.07) is 0. The summed E-state index contributed by atoms with van der Waals surface area (Å²) in [6.07, 6.45) is 9.71. The van der Waals surface area contributed by atoms with Crippen LogP contribution in [0.15, 0.2) is 0 Å². The molecular weight excluding hydrogens is 294 g/mol. The Kier molecular flexibility index (Phi) is 3.54. The van der Waals surface area contributed by atoms with E-state index in [2.05, 4.69) is 0 Å². The van der Waals surface area contributed by atoms with Crippen molar-refractivity contribution >= 4 is 0 Å². The molecule has 5 rings (SSSR count). The third-order valence-corrected chi connectivity index (χ3v) is 6.88. The topological polar surface area (TPSA) is 76.1 Å². The lowest BCUT2D eigenvalue weighted by molar-refractivity contribution is -0.0438. The molecule has 2 N–H and O–H groups in total. The molecule has 5 fully saturated rings. The second-order valence-electron chi connectivity index (χ2n) is 8.57. The summed E-state index contributed by atoms with van der Waals surface area (Å²) < 4.78 is 22.5. The van der Waals surface area contributed by atoms with E-state index in [1.807, 2.05) is 0 Å². The summed E-state index contributed by atoms with van der Waals surface area (Å²) in [4.78, 5) is 0. The molecular formula is C18H29NO4. The second-order valence-corrected chi connectivity index (χ2v) is 8.57. The minimum Gasteiger partial charge on any atom is -0.373 e. The lowest BCUT2D eigenvalue weighted by Crippen LogP contribution is -2.63.